The molecule has 4 nitrogen and oxygen atoms in total. The SMILES string of the molecule is O=C(NC1CC2CCN(CC2)C1)c1ccc(C(F)(F)F)c(Cl)n1. The van der Waals surface area contributed by atoms with Gasteiger partial charge in [0.15, 0.2) is 0 Å². The van der Waals surface area contributed by atoms with Gasteiger partial charge in [0, 0.05) is 12.6 Å². The molecule has 3 fully saturated rings. The van der Waals surface area contributed by atoms with Crippen LogP contribution in [-0.2, 0) is 6.18 Å². The summed E-state index contributed by atoms with van der Waals surface area (Å²) < 4.78 is 38.0. The average molecular weight is 348 g/mol. The fraction of sp³-hybridized carbons (Fsp3) is 0.600. The maximum atomic E-state index is 12.7. The van der Waals surface area contributed by atoms with Crippen LogP contribution in [0.15, 0.2) is 12.1 Å². The lowest BCUT2D eigenvalue weighted by atomic mass is 9.94. The van der Waals surface area contributed by atoms with E-state index in [4.69, 9.17) is 11.6 Å². The lowest BCUT2D eigenvalue weighted by molar-refractivity contribution is -0.137. The number of piperidine rings is 1. The van der Waals surface area contributed by atoms with E-state index in [1.54, 1.807) is 0 Å². The Labute approximate surface area is 137 Å². The molecule has 1 unspecified atom stereocenters. The van der Waals surface area contributed by atoms with Crippen LogP contribution in [0.3, 0.4) is 0 Å². The zero-order valence-corrected chi connectivity index (χ0v) is 13.1. The summed E-state index contributed by atoms with van der Waals surface area (Å²) in [7, 11) is 0. The number of nitrogens with one attached hydrogen (secondary N) is 1. The third kappa shape index (κ3) is 3.77. The Morgan fingerprint density at radius 2 is 2.00 bits per heavy atom. The van der Waals surface area contributed by atoms with Gasteiger partial charge in [0.05, 0.1) is 5.56 Å². The molecule has 0 aromatic carbocycles. The van der Waals surface area contributed by atoms with Gasteiger partial charge in [0.25, 0.3) is 5.91 Å². The molecule has 1 N–H and O–H groups in total. The first-order valence-electron chi connectivity index (χ1n) is 7.60. The lowest BCUT2D eigenvalue weighted by Gasteiger charge is -2.26. The molecule has 23 heavy (non-hydrogen) atoms. The average Bonchev–Trinajstić information content (AvgIpc) is 2.77. The molecule has 4 rings (SSSR count). The normalized spacial score (nSPS) is 27.6. The summed E-state index contributed by atoms with van der Waals surface area (Å²) in [4.78, 5) is 18.1. The summed E-state index contributed by atoms with van der Waals surface area (Å²) in [5, 5.41) is 2.18. The number of nitrogens with zero attached hydrogens (tertiary/aromatic N) is 2. The zero-order valence-electron chi connectivity index (χ0n) is 12.4. The van der Waals surface area contributed by atoms with Crippen LogP contribution in [-0.4, -0.2) is 41.5 Å². The number of fused-ring (bicyclic) bond motifs is 4. The molecule has 1 atom stereocenters. The number of halogens is 4. The van der Waals surface area contributed by atoms with Gasteiger partial charge in [-0.3, -0.25) is 4.79 Å². The Kier molecular flexibility index (Phi) is 4.51. The summed E-state index contributed by atoms with van der Waals surface area (Å²) in [5.74, 6) is 0.122. The van der Waals surface area contributed by atoms with Gasteiger partial charge in [-0.2, -0.15) is 13.2 Å². The Hall–Kier alpha value is -1.34. The molecule has 0 aliphatic carbocycles. The van der Waals surface area contributed by atoms with E-state index >= 15 is 0 Å². The minimum atomic E-state index is -4.58. The number of alkyl halides is 3. The molecule has 8 heteroatoms. The summed E-state index contributed by atoms with van der Waals surface area (Å²) in [5.41, 5.74) is -1.12. The second-order valence-corrected chi connectivity index (χ2v) is 6.54. The third-order valence-corrected chi connectivity index (χ3v) is 4.81. The van der Waals surface area contributed by atoms with E-state index in [0.717, 1.165) is 51.0 Å². The number of hydrogen-bond acceptors (Lipinski definition) is 3. The van der Waals surface area contributed by atoms with Gasteiger partial charge in [-0.15, -0.1) is 0 Å². The molecule has 1 aromatic heterocycles. The van der Waals surface area contributed by atoms with Crippen LogP contribution in [0.2, 0.25) is 5.15 Å². The van der Waals surface area contributed by atoms with Crippen LogP contribution in [0.25, 0.3) is 0 Å². The zero-order chi connectivity index (χ0) is 16.6. The van der Waals surface area contributed by atoms with Gasteiger partial charge in [0.2, 0.25) is 0 Å². The number of carbonyl (C=O) groups is 1. The summed E-state index contributed by atoms with van der Waals surface area (Å²) >= 11 is 5.56. The molecular formula is C15H17ClF3N3O. The number of pyridine rings is 1. The molecule has 3 aliphatic heterocycles. The quantitative estimate of drug-likeness (QED) is 0.837. The van der Waals surface area contributed by atoms with Gasteiger partial charge >= 0.3 is 6.18 Å². The molecule has 2 bridgehead atoms. The van der Waals surface area contributed by atoms with E-state index in [0.29, 0.717) is 5.92 Å². The van der Waals surface area contributed by atoms with E-state index in [1.807, 2.05) is 0 Å². The number of amides is 1. The highest BCUT2D eigenvalue weighted by atomic mass is 35.5. The Bertz CT molecular complexity index is 586. The van der Waals surface area contributed by atoms with Crippen LogP contribution >= 0.6 is 11.6 Å². The predicted octanol–water partition coefficient (Wildman–Crippen LogP) is 2.97. The Morgan fingerprint density at radius 1 is 1.30 bits per heavy atom. The van der Waals surface area contributed by atoms with Gasteiger partial charge in [-0.1, -0.05) is 11.6 Å². The molecule has 1 aromatic rings. The van der Waals surface area contributed by atoms with E-state index in [9.17, 15) is 18.0 Å². The third-order valence-electron chi connectivity index (χ3n) is 4.53. The summed E-state index contributed by atoms with van der Waals surface area (Å²) in [6, 6.07) is 1.86. The molecule has 3 aliphatic rings. The van der Waals surface area contributed by atoms with Crippen LogP contribution in [0.1, 0.15) is 35.3 Å². The minimum Gasteiger partial charge on any atom is -0.347 e. The Balaban J connectivity index is 1.70. The van der Waals surface area contributed by atoms with Crippen molar-refractivity contribution in [3.8, 4) is 0 Å². The topological polar surface area (TPSA) is 45.2 Å². The van der Waals surface area contributed by atoms with Crippen molar-refractivity contribution in [1.29, 1.82) is 0 Å². The summed E-state index contributed by atoms with van der Waals surface area (Å²) in [6.45, 7) is 2.86. The highest BCUT2D eigenvalue weighted by Gasteiger charge is 2.35. The molecular weight excluding hydrogens is 331 g/mol. The number of hydrogen-bond donors (Lipinski definition) is 1. The fourth-order valence-corrected chi connectivity index (χ4v) is 3.59. The van der Waals surface area contributed by atoms with Crippen molar-refractivity contribution in [2.24, 2.45) is 5.92 Å². The van der Waals surface area contributed by atoms with Crippen molar-refractivity contribution >= 4 is 17.5 Å². The standard InChI is InChI=1S/C15H17ClF3N3O/c16-13-11(15(17,18)19)1-2-12(21-13)14(23)20-10-7-9-3-5-22(8-10)6-4-9/h1-2,9-10H,3-8H2,(H,20,23). The monoisotopic (exact) mass is 347 g/mol. The number of aromatic nitrogens is 1. The van der Waals surface area contributed by atoms with Crippen LogP contribution in [0.5, 0.6) is 0 Å². The van der Waals surface area contributed by atoms with Gasteiger partial charge in [0.1, 0.15) is 10.8 Å². The minimum absolute atomic E-state index is 0.000341. The molecule has 0 saturated carbocycles. The number of carbonyl (C=O) groups excluding carboxylic acids is 1. The van der Waals surface area contributed by atoms with Gasteiger partial charge in [-0.05, 0) is 50.4 Å². The van der Waals surface area contributed by atoms with E-state index in [-0.39, 0.29) is 11.7 Å². The maximum Gasteiger partial charge on any atom is 0.419 e. The molecule has 1 amide bonds. The first-order chi connectivity index (χ1) is 10.8. The van der Waals surface area contributed by atoms with E-state index in [2.05, 4.69) is 15.2 Å². The van der Waals surface area contributed by atoms with Crippen LogP contribution in [0.4, 0.5) is 13.2 Å². The Morgan fingerprint density at radius 3 is 2.61 bits per heavy atom. The molecule has 0 spiro atoms. The van der Waals surface area contributed by atoms with Crippen LogP contribution in [0, 0.1) is 5.92 Å². The highest BCUT2D eigenvalue weighted by Crippen LogP contribution is 2.33. The predicted molar refractivity (Wildman–Crippen MR) is 79.3 cm³/mol. The fourth-order valence-electron chi connectivity index (χ4n) is 3.33. The smallest absolute Gasteiger partial charge is 0.347 e. The van der Waals surface area contributed by atoms with E-state index in [1.165, 1.54) is 0 Å². The largest absolute Gasteiger partial charge is 0.419 e. The van der Waals surface area contributed by atoms with Crippen molar-refractivity contribution in [2.75, 3.05) is 19.6 Å². The van der Waals surface area contributed by atoms with Crippen molar-refractivity contribution in [3.05, 3.63) is 28.5 Å². The first-order valence-corrected chi connectivity index (χ1v) is 7.97. The highest BCUT2D eigenvalue weighted by molar-refractivity contribution is 6.30. The van der Waals surface area contributed by atoms with Crippen molar-refractivity contribution in [1.82, 2.24) is 15.2 Å². The molecule has 3 saturated heterocycles. The van der Waals surface area contributed by atoms with Gasteiger partial charge < -0.3 is 10.2 Å². The van der Waals surface area contributed by atoms with Crippen molar-refractivity contribution in [3.63, 3.8) is 0 Å². The second-order valence-electron chi connectivity index (χ2n) is 6.18. The molecule has 126 valence electrons. The summed E-state index contributed by atoms with van der Waals surface area (Å²) in [6.07, 6.45) is -1.41. The second kappa shape index (κ2) is 6.28. The van der Waals surface area contributed by atoms with Crippen LogP contribution < -0.4 is 5.32 Å². The lowest BCUT2D eigenvalue weighted by Crippen LogP contribution is -2.42. The van der Waals surface area contributed by atoms with Gasteiger partial charge in [-0.25, -0.2) is 4.98 Å². The number of rotatable bonds is 2. The molecule has 0 radical (unpaired) electrons. The maximum absolute atomic E-state index is 12.7. The molecule has 4 heterocycles. The van der Waals surface area contributed by atoms with Crippen molar-refractivity contribution < 1.29 is 18.0 Å². The first kappa shape index (κ1) is 16.5. The van der Waals surface area contributed by atoms with E-state index < -0.39 is 22.8 Å². The van der Waals surface area contributed by atoms with Crippen molar-refractivity contribution in [2.45, 2.75) is 31.5 Å².